The zero-order valence-electron chi connectivity index (χ0n) is 12.5. The van der Waals surface area contributed by atoms with Crippen LogP contribution in [-0.4, -0.2) is 29.9 Å². The Kier molecular flexibility index (Phi) is 5.64. The lowest BCUT2D eigenvalue weighted by molar-refractivity contribution is -0.135. The van der Waals surface area contributed by atoms with E-state index in [0.29, 0.717) is 30.8 Å². The quantitative estimate of drug-likeness (QED) is 0.820. The maximum atomic E-state index is 12.4. The minimum atomic E-state index is 0.194. The van der Waals surface area contributed by atoms with Crippen molar-refractivity contribution < 1.29 is 4.79 Å². The van der Waals surface area contributed by atoms with Crippen LogP contribution in [0.1, 0.15) is 59.8 Å². The summed E-state index contributed by atoms with van der Waals surface area (Å²) in [6.45, 7) is 10.1. The second kappa shape index (κ2) is 6.55. The molecule has 1 unspecified atom stereocenters. The van der Waals surface area contributed by atoms with Gasteiger partial charge in [-0.25, -0.2) is 0 Å². The van der Waals surface area contributed by atoms with Gasteiger partial charge in [0.25, 0.3) is 0 Å². The molecule has 3 heteroatoms. The smallest absolute Gasteiger partial charge is 0.223 e. The van der Waals surface area contributed by atoms with Crippen molar-refractivity contribution in [3.8, 4) is 0 Å². The van der Waals surface area contributed by atoms with Gasteiger partial charge in [-0.05, 0) is 24.2 Å². The molecule has 1 amide bonds. The van der Waals surface area contributed by atoms with Gasteiger partial charge < -0.3 is 10.6 Å². The molecule has 3 nitrogen and oxygen atoms in total. The zero-order valence-corrected chi connectivity index (χ0v) is 12.5. The van der Waals surface area contributed by atoms with Gasteiger partial charge in [-0.1, -0.05) is 40.5 Å². The van der Waals surface area contributed by atoms with E-state index < -0.39 is 0 Å². The summed E-state index contributed by atoms with van der Waals surface area (Å²) in [5.74, 6) is 0.710. The van der Waals surface area contributed by atoms with E-state index in [0.717, 1.165) is 19.4 Å². The van der Waals surface area contributed by atoms with Gasteiger partial charge in [0.15, 0.2) is 0 Å². The molecule has 1 rings (SSSR count). The first-order chi connectivity index (χ1) is 8.36. The van der Waals surface area contributed by atoms with Crippen LogP contribution in [0.25, 0.3) is 0 Å². The fourth-order valence-corrected chi connectivity index (χ4v) is 2.55. The van der Waals surface area contributed by atoms with Crippen molar-refractivity contribution in [2.45, 2.75) is 65.8 Å². The lowest BCUT2D eigenvalue weighted by Gasteiger charge is -2.33. The number of hydrogen-bond acceptors (Lipinski definition) is 2. The molecule has 0 saturated heterocycles. The van der Waals surface area contributed by atoms with Crippen molar-refractivity contribution >= 4 is 5.91 Å². The molecule has 0 aromatic heterocycles. The summed E-state index contributed by atoms with van der Waals surface area (Å²) in [6, 6.07) is 0.452. The Morgan fingerprint density at radius 2 is 1.89 bits per heavy atom. The van der Waals surface area contributed by atoms with Crippen LogP contribution in [-0.2, 0) is 4.79 Å². The molecular formula is C15H30N2O. The van der Waals surface area contributed by atoms with Crippen LogP contribution in [0.15, 0.2) is 0 Å². The Morgan fingerprint density at radius 1 is 1.33 bits per heavy atom. The largest absolute Gasteiger partial charge is 0.338 e. The summed E-state index contributed by atoms with van der Waals surface area (Å²) >= 11 is 0. The normalized spacial score (nSPS) is 18.9. The highest BCUT2D eigenvalue weighted by molar-refractivity contribution is 5.77. The van der Waals surface area contributed by atoms with Crippen LogP contribution in [0, 0.1) is 11.3 Å². The van der Waals surface area contributed by atoms with Crippen LogP contribution in [0.5, 0.6) is 0 Å². The number of carbonyl (C=O) groups excluding carboxylic acids is 1. The fourth-order valence-electron chi connectivity index (χ4n) is 2.55. The molecule has 1 aliphatic carbocycles. The Balaban J connectivity index is 2.59. The molecule has 2 N–H and O–H groups in total. The predicted octanol–water partition coefficient (Wildman–Crippen LogP) is 2.79. The van der Waals surface area contributed by atoms with Gasteiger partial charge in [0.1, 0.15) is 0 Å². The molecule has 18 heavy (non-hydrogen) atoms. The average Bonchev–Trinajstić information content (AvgIpc) is 2.77. The Bertz CT molecular complexity index is 264. The van der Waals surface area contributed by atoms with Gasteiger partial charge in [0, 0.05) is 25.6 Å². The zero-order chi connectivity index (χ0) is 13.8. The van der Waals surface area contributed by atoms with Crippen molar-refractivity contribution in [2.24, 2.45) is 17.1 Å². The van der Waals surface area contributed by atoms with Crippen molar-refractivity contribution in [3.63, 3.8) is 0 Å². The maximum absolute atomic E-state index is 12.4. The van der Waals surface area contributed by atoms with Gasteiger partial charge in [0.05, 0.1) is 0 Å². The molecule has 1 atom stereocenters. The monoisotopic (exact) mass is 254 g/mol. The number of rotatable bonds is 5. The van der Waals surface area contributed by atoms with Crippen LogP contribution in [0.3, 0.4) is 0 Å². The second-order valence-electron chi connectivity index (χ2n) is 6.79. The van der Waals surface area contributed by atoms with E-state index >= 15 is 0 Å². The number of nitrogens with zero attached hydrogens (tertiary/aromatic N) is 1. The van der Waals surface area contributed by atoms with Crippen LogP contribution >= 0.6 is 0 Å². The summed E-state index contributed by atoms with van der Waals surface area (Å²) in [7, 11) is 0. The summed E-state index contributed by atoms with van der Waals surface area (Å²) < 4.78 is 0. The highest BCUT2D eigenvalue weighted by Crippen LogP contribution is 2.30. The number of hydrogen-bond donors (Lipinski definition) is 1. The van der Waals surface area contributed by atoms with Gasteiger partial charge >= 0.3 is 0 Å². The lowest BCUT2D eigenvalue weighted by Crippen LogP contribution is -2.43. The van der Waals surface area contributed by atoms with E-state index in [1.54, 1.807) is 0 Å². The molecule has 0 aliphatic heterocycles. The summed E-state index contributed by atoms with van der Waals surface area (Å²) in [4.78, 5) is 14.5. The SMILES string of the molecule is CC(CC(=O)N(CCN)C1CCCC1)C(C)(C)C. The summed E-state index contributed by atoms with van der Waals surface area (Å²) in [6.07, 6.45) is 5.49. The first kappa shape index (κ1) is 15.5. The third kappa shape index (κ3) is 4.27. The van der Waals surface area contributed by atoms with Crippen molar-refractivity contribution in [3.05, 3.63) is 0 Å². The Morgan fingerprint density at radius 3 is 2.33 bits per heavy atom. The van der Waals surface area contributed by atoms with Crippen LogP contribution < -0.4 is 5.73 Å². The minimum absolute atomic E-state index is 0.194. The molecule has 0 radical (unpaired) electrons. The molecule has 1 aliphatic rings. The number of carbonyl (C=O) groups is 1. The fraction of sp³-hybridized carbons (Fsp3) is 0.933. The van der Waals surface area contributed by atoms with Gasteiger partial charge in [-0.3, -0.25) is 4.79 Å². The first-order valence-corrected chi connectivity index (χ1v) is 7.35. The molecule has 0 heterocycles. The maximum Gasteiger partial charge on any atom is 0.223 e. The van der Waals surface area contributed by atoms with E-state index in [1.807, 2.05) is 0 Å². The van der Waals surface area contributed by atoms with Crippen LogP contribution in [0.4, 0.5) is 0 Å². The van der Waals surface area contributed by atoms with E-state index in [9.17, 15) is 4.79 Å². The number of nitrogens with two attached hydrogens (primary N) is 1. The standard InChI is InChI=1S/C15H30N2O/c1-12(15(2,3)4)11-14(18)17(10-9-16)13-7-5-6-8-13/h12-13H,5-11,16H2,1-4H3. The molecular weight excluding hydrogens is 224 g/mol. The highest BCUT2D eigenvalue weighted by atomic mass is 16.2. The predicted molar refractivity (Wildman–Crippen MR) is 76.3 cm³/mol. The molecule has 106 valence electrons. The first-order valence-electron chi connectivity index (χ1n) is 7.35. The average molecular weight is 254 g/mol. The Labute approximate surface area is 112 Å². The van der Waals surface area contributed by atoms with E-state index in [-0.39, 0.29) is 5.41 Å². The highest BCUT2D eigenvalue weighted by Gasteiger charge is 2.29. The summed E-state index contributed by atoms with van der Waals surface area (Å²) in [5.41, 5.74) is 5.85. The van der Waals surface area contributed by atoms with Crippen LogP contribution in [0.2, 0.25) is 0 Å². The molecule has 0 aromatic rings. The van der Waals surface area contributed by atoms with Gasteiger partial charge in [-0.15, -0.1) is 0 Å². The van der Waals surface area contributed by atoms with Crippen molar-refractivity contribution in [1.82, 2.24) is 4.90 Å². The van der Waals surface area contributed by atoms with Gasteiger partial charge in [0.2, 0.25) is 5.91 Å². The molecule has 1 saturated carbocycles. The topological polar surface area (TPSA) is 46.3 Å². The summed E-state index contributed by atoms with van der Waals surface area (Å²) in [5, 5.41) is 0. The van der Waals surface area contributed by atoms with E-state index in [2.05, 4.69) is 32.6 Å². The number of amides is 1. The third-order valence-corrected chi connectivity index (χ3v) is 4.42. The third-order valence-electron chi connectivity index (χ3n) is 4.42. The van der Waals surface area contributed by atoms with E-state index in [4.69, 9.17) is 5.73 Å². The Hall–Kier alpha value is -0.570. The van der Waals surface area contributed by atoms with Gasteiger partial charge in [-0.2, -0.15) is 0 Å². The molecule has 0 aromatic carbocycles. The van der Waals surface area contributed by atoms with Crippen molar-refractivity contribution in [2.75, 3.05) is 13.1 Å². The van der Waals surface area contributed by atoms with E-state index in [1.165, 1.54) is 12.8 Å². The second-order valence-corrected chi connectivity index (χ2v) is 6.79. The van der Waals surface area contributed by atoms with Crippen molar-refractivity contribution in [1.29, 1.82) is 0 Å². The minimum Gasteiger partial charge on any atom is -0.338 e. The molecule has 1 fully saturated rings. The molecule has 0 bridgehead atoms. The lowest BCUT2D eigenvalue weighted by atomic mass is 9.80. The molecule has 0 spiro atoms.